The van der Waals surface area contributed by atoms with E-state index in [9.17, 15) is 4.79 Å². The molecule has 3 aromatic rings. The Bertz CT molecular complexity index is 1410. The fourth-order valence-corrected chi connectivity index (χ4v) is 6.91. The summed E-state index contributed by atoms with van der Waals surface area (Å²) >= 11 is 0. The number of aromatic amines is 1. The van der Waals surface area contributed by atoms with E-state index in [1.165, 1.54) is 50.0 Å². The van der Waals surface area contributed by atoms with Crippen molar-refractivity contribution in [3.05, 3.63) is 63.8 Å². The van der Waals surface area contributed by atoms with Crippen LogP contribution in [0.15, 0.2) is 30.3 Å². The van der Waals surface area contributed by atoms with Crippen molar-refractivity contribution in [2.45, 2.75) is 84.6 Å². The molecule has 0 radical (unpaired) electrons. The summed E-state index contributed by atoms with van der Waals surface area (Å²) in [5, 5.41) is 0.962. The molecule has 1 N–H and O–H groups in total. The minimum absolute atomic E-state index is 0.122. The van der Waals surface area contributed by atoms with Gasteiger partial charge in [0.2, 0.25) is 0 Å². The molecule has 1 aliphatic heterocycles. The average molecular weight is 510 g/mol. The van der Waals surface area contributed by atoms with E-state index >= 15 is 0 Å². The Morgan fingerprint density at radius 1 is 1.03 bits per heavy atom. The third kappa shape index (κ3) is 4.16. The summed E-state index contributed by atoms with van der Waals surface area (Å²) in [5.74, 6) is 2.84. The highest BCUT2D eigenvalue weighted by Gasteiger charge is 2.41. The van der Waals surface area contributed by atoms with Crippen LogP contribution in [0.2, 0.25) is 0 Å². The molecular weight excluding hydrogens is 466 g/mol. The van der Waals surface area contributed by atoms with Crippen LogP contribution in [-0.4, -0.2) is 47.4 Å². The Labute approximate surface area is 228 Å². The summed E-state index contributed by atoms with van der Waals surface area (Å²) in [5.41, 5.74) is 8.05. The number of nitrogens with zero attached hydrogens (tertiary/aromatic N) is 2. The summed E-state index contributed by atoms with van der Waals surface area (Å²) in [7, 11) is 0. The summed E-state index contributed by atoms with van der Waals surface area (Å²) in [4.78, 5) is 22.9. The van der Waals surface area contributed by atoms with Gasteiger partial charge in [-0.2, -0.15) is 0 Å². The molecule has 5 rings (SSSR count). The summed E-state index contributed by atoms with van der Waals surface area (Å²) < 4.78 is 0. The number of carbonyl (C=O) groups is 1. The zero-order chi connectivity index (χ0) is 27.2. The number of terminal acetylenes is 1. The molecule has 0 amide bonds. The lowest BCUT2D eigenvalue weighted by Gasteiger charge is -2.48. The van der Waals surface area contributed by atoms with Gasteiger partial charge in [0.25, 0.3) is 0 Å². The van der Waals surface area contributed by atoms with Crippen LogP contribution in [0.1, 0.15) is 106 Å². The van der Waals surface area contributed by atoms with Crippen molar-refractivity contribution in [1.82, 2.24) is 9.88 Å². The molecule has 0 unspecified atom stereocenters. The number of anilines is 1. The van der Waals surface area contributed by atoms with Gasteiger partial charge in [-0.15, -0.1) is 6.42 Å². The lowest BCUT2D eigenvalue weighted by atomic mass is 9.70. The van der Waals surface area contributed by atoms with E-state index in [-0.39, 0.29) is 16.7 Å². The smallest absolute Gasteiger partial charge is 0.195 e. The highest BCUT2D eigenvalue weighted by atomic mass is 16.1. The number of rotatable bonds is 7. The quantitative estimate of drug-likeness (QED) is 0.347. The highest BCUT2D eigenvalue weighted by molar-refractivity contribution is 6.20. The minimum atomic E-state index is -0.321. The molecule has 0 atom stereocenters. The summed E-state index contributed by atoms with van der Waals surface area (Å²) in [6.07, 6.45) is 11.3. The molecule has 2 aromatic carbocycles. The van der Waals surface area contributed by atoms with Crippen LogP contribution in [-0.2, 0) is 11.8 Å². The number of fused-ring (bicyclic) bond motifs is 4. The van der Waals surface area contributed by atoms with Crippen LogP contribution >= 0.6 is 0 Å². The van der Waals surface area contributed by atoms with Crippen LogP contribution in [0.5, 0.6) is 0 Å². The third-order valence-corrected chi connectivity index (χ3v) is 9.27. The molecule has 1 aromatic heterocycles. The standard InChI is InChI=1S/C34H43N3O/c1-8-16-37(17-9-2)34(7)14-18-36(19-15-34)29-22-27-26(21-24(29)11-4)31(38)30-25-13-12-23(10-3)20-28(25)35-32(30)33(27,5)6/h3,12-13,20-22,35H,8-9,11,14-19H2,1-2,4-7H3. The maximum absolute atomic E-state index is 14.0. The molecule has 38 heavy (non-hydrogen) atoms. The molecule has 0 saturated carbocycles. The Morgan fingerprint density at radius 2 is 1.71 bits per heavy atom. The van der Waals surface area contributed by atoms with Gasteiger partial charge in [0.15, 0.2) is 5.78 Å². The van der Waals surface area contributed by atoms with E-state index in [0.29, 0.717) is 0 Å². The number of carbonyl (C=O) groups excluding carboxylic acids is 1. The molecule has 4 nitrogen and oxygen atoms in total. The lowest BCUT2D eigenvalue weighted by Crippen LogP contribution is -2.54. The van der Waals surface area contributed by atoms with Gasteiger partial charge in [-0.3, -0.25) is 9.69 Å². The molecule has 1 aliphatic carbocycles. The lowest BCUT2D eigenvalue weighted by molar-refractivity contribution is 0.0780. The minimum Gasteiger partial charge on any atom is -0.371 e. The molecule has 200 valence electrons. The largest absolute Gasteiger partial charge is 0.371 e. The van der Waals surface area contributed by atoms with Gasteiger partial charge in [-0.25, -0.2) is 0 Å². The van der Waals surface area contributed by atoms with Crippen molar-refractivity contribution < 1.29 is 4.79 Å². The van der Waals surface area contributed by atoms with Crippen molar-refractivity contribution in [1.29, 1.82) is 0 Å². The maximum atomic E-state index is 14.0. The number of nitrogens with one attached hydrogen (secondary N) is 1. The number of aromatic nitrogens is 1. The first-order chi connectivity index (χ1) is 18.2. The van der Waals surface area contributed by atoms with Gasteiger partial charge in [-0.1, -0.05) is 46.6 Å². The Hall–Kier alpha value is -3.03. The van der Waals surface area contributed by atoms with E-state index < -0.39 is 0 Å². The van der Waals surface area contributed by atoms with E-state index in [4.69, 9.17) is 6.42 Å². The number of hydrogen-bond donors (Lipinski definition) is 1. The highest BCUT2D eigenvalue weighted by Crippen LogP contribution is 2.46. The first-order valence-electron chi connectivity index (χ1n) is 14.5. The molecule has 4 heteroatoms. The monoisotopic (exact) mass is 509 g/mol. The maximum Gasteiger partial charge on any atom is 0.195 e. The van der Waals surface area contributed by atoms with Gasteiger partial charge < -0.3 is 9.88 Å². The molecule has 2 heterocycles. The van der Waals surface area contributed by atoms with Gasteiger partial charge >= 0.3 is 0 Å². The fourth-order valence-electron chi connectivity index (χ4n) is 6.91. The van der Waals surface area contributed by atoms with Crippen LogP contribution in [0.4, 0.5) is 5.69 Å². The Morgan fingerprint density at radius 3 is 2.32 bits per heavy atom. The van der Waals surface area contributed by atoms with Crippen molar-refractivity contribution in [2.24, 2.45) is 0 Å². The molecule has 0 bridgehead atoms. The van der Waals surface area contributed by atoms with E-state index in [2.05, 4.69) is 74.4 Å². The zero-order valence-corrected chi connectivity index (χ0v) is 24.1. The molecule has 1 saturated heterocycles. The van der Waals surface area contributed by atoms with Crippen molar-refractivity contribution in [3.8, 4) is 12.3 Å². The Kier molecular flexibility index (Phi) is 6.95. The van der Waals surface area contributed by atoms with Crippen molar-refractivity contribution >= 4 is 22.4 Å². The fraction of sp³-hybridized carbons (Fsp3) is 0.500. The third-order valence-electron chi connectivity index (χ3n) is 9.27. The first-order valence-corrected chi connectivity index (χ1v) is 14.5. The van der Waals surface area contributed by atoms with Gasteiger partial charge in [0.05, 0.1) is 5.56 Å². The predicted octanol–water partition coefficient (Wildman–Crippen LogP) is 7.06. The van der Waals surface area contributed by atoms with E-state index in [0.717, 1.165) is 58.4 Å². The predicted molar refractivity (Wildman–Crippen MR) is 160 cm³/mol. The number of ketones is 1. The number of benzene rings is 2. The molecular formula is C34H43N3O. The van der Waals surface area contributed by atoms with Gasteiger partial charge in [0, 0.05) is 57.5 Å². The first kappa shape index (κ1) is 26.6. The van der Waals surface area contributed by atoms with Crippen LogP contribution in [0, 0.1) is 12.3 Å². The molecule has 1 fully saturated rings. The summed E-state index contributed by atoms with van der Waals surface area (Å²) in [6.45, 7) is 18.2. The molecule has 2 aliphatic rings. The second-order valence-electron chi connectivity index (χ2n) is 12.1. The normalized spacial score (nSPS) is 17.9. The summed E-state index contributed by atoms with van der Waals surface area (Å²) in [6, 6.07) is 10.4. The van der Waals surface area contributed by atoms with Crippen molar-refractivity contribution in [3.63, 3.8) is 0 Å². The second kappa shape index (κ2) is 9.93. The van der Waals surface area contributed by atoms with Crippen LogP contribution in [0.25, 0.3) is 10.9 Å². The number of H-pyrrole nitrogens is 1. The van der Waals surface area contributed by atoms with Crippen LogP contribution < -0.4 is 4.90 Å². The van der Waals surface area contributed by atoms with E-state index in [1.54, 1.807) is 0 Å². The van der Waals surface area contributed by atoms with Crippen LogP contribution in [0.3, 0.4) is 0 Å². The van der Waals surface area contributed by atoms with Gasteiger partial charge in [-0.05, 0) is 87.5 Å². The zero-order valence-electron chi connectivity index (χ0n) is 24.1. The van der Waals surface area contributed by atoms with Gasteiger partial charge in [0.1, 0.15) is 0 Å². The topological polar surface area (TPSA) is 39.3 Å². The number of aryl methyl sites for hydroxylation is 1. The second-order valence-corrected chi connectivity index (χ2v) is 12.1. The number of hydrogen-bond acceptors (Lipinski definition) is 3. The Balaban J connectivity index is 1.52. The average Bonchev–Trinajstić information content (AvgIpc) is 3.31. The van der Waals surface area contributed by atoms with E-state index in [1.807, 2.05) is 18.2 Å². The SMILES string of the molecule is C#Cc1ccc2c3c([nH]c2c1)C(C)(C)c1cc(N2CCC(C)(N(CCC)CCC)CC2)c(CC)cc1C3=O. The molecule has 0 spiro atoms. The number of piperidine rings is 1. The van der Waals surface area contributed by atoms with Crippen molar-refractivity contribution in [2.75, 3.05) is 31.1 Å².